The Morgan fingerprint density at radius 2 is 1.91 bits per heavy atom. The molecule has 0 unspecified atom stereocenters. The highest BCUT2D eigenvalue weighted by molar-refractivity contribution is 6.31. The maximum absolute atomic E-state index is 12.7. The van der Waals surface area contributed by atoms with Crippen LogP contribution in [0.4, 0.5) is 11.4 Å². The number of nitriles is 1. The third-order valence-electron chi connectivity index (χ3n) is 5.28. The molecule has 0 saturated heterocycles. The number of aromatic nitrogens is 1. The maximum Gasteiger partial charge on any atom is 0.269 e. The molecule has 0 fully saturated rings. The van der Waals surface area contributed by atoms with Crippen LogP contribution < -0.4 is 5.32 Å². The molecule has 0 radical (unpaired) electrons. The Balaban J connectivity index is 1.98. The summed E-state index contributed by atoms with van der Waals surface area (Å²) in [5.74, 6) is -0.533. The van der Waals surface area contributed by atoms with Crippen molar-refractivity contribution in [1.82, 2.24) is 4.57 Å². The first-order valence-corrected chi connectivity index (χ1v) is 10.1. The van der Waals surface area contributed by atoms with E-state index in [0.29, 0.717) is 21.8 Å². The van der Waals surface area contributed by atoms with Gasteiger partial charge in [-0.25, -0.2) is 0 Å². The van der Waals surface area contributed by atoms with Gasteiger partial charge in [-0.15, -0.1) is 0 Å². The van der Waals surface area contributed by atoms with Crippen molar-refractivity contribution in [2.24, 2.45) is 0 Å². The van der Waals surface area contributed by atoms with Crippen LogP contribution in [0, 0.1) is 49.1 Å². The molecule has 0 aliphatic carbocycles. The summed E-state index contributed by atoms with van der Waals surface area (Å²) in [6.07, 6.45) is 1.54. The molecule has 7 nitrogen and oxygen atoms in total. The molecule has 0 bridgehead atoms. The predicted octanol–water partition coefficient (Wildman–Crippen LogP) is 5.82. The second kappa shape index (κ2) is 9.08. The van der Waals surface area contributed by atoms with Gasteiger partial charge in [0.1, 0.15) is 11.6 Å². The number of rotatable bonds is 5. The lowest BCUT2D eigenvalue weighted by molar-refractivity contribution is -0.384. The monoisotopic (exact) mass is 448 g/mol. The summed E-state index contributed by atoms with van der Waals surface area (Å²) in [5.41, 5.74) is 5.14. The molecule has 3 aromatic rings. The topological polar surface area (TPSA) is 101 Å². The molecule has 1 aromatic heterocycles. The van der Waals surface area contributed by atoms with Crippen LogP contribution in [0.3, 0.4) is 0 Å². The predicted molar refractivity (Wildman–Crippen MR) is 125 cm³/mol. The van der Waals surface area contributed by atoms with Crippen LogP contribution in [0.5, 0.6) is 0 Å². The van der Waals surface area contributed by atoms with Gasteiger partial charge in [-0.1, -0.05) is 17.7 Å². The summed E-state index contributed by atoms with van der Waals surface area (Å²) in [6.45, 7) is 7.35. The van der Waals surface area contributed by atoms with Crippen molar-refractivity contribution in [2.75, 3.05) is 5.32 Å². The van der Waals surface area contributed by atoms with Crippen molar-refractivity contribution in [3.05, 3.63) is 91.3 Å². The van der Waals surface area contributed by atoms with Crippen molar-refractivity contribution in [2.45, 2.75) is 27.7 Å². The minimum atomic E-state index is -0.533. The van der Waals surface area contributed by atoms with E-state index in [-0.39, 0.29) is 11.3 Å². The normalized spacial score (nSPS) is 11.2. The van der Waals surface area contributed by atoms with E-state index in [2.05, 4.69) is 5.32 Å². The lowest BCUT2D eigenvalue weighted by Crippen LogP contribution is -2.14. The van der Waals surface area contributed by atoms with E-state index >= 15 is 0 Å². The number of amides is 1. The maximum atomic E-state index is 12.7. The molecular weight excluding hydrogens is 428 g/mol. The number of carbonyl (C=O) groups excluding carboxylic acids is 1. The highest BCUT2D eigenvalue weighted by Gasteiger charge is 2.17. The van der Waals surface area contributed by atoms with Crippen LogP contribution in [-0.4, -0.2) is 15.4 Å². The fraction of sp³-hybridized carbons (Fsp3) is 0.167. The Morgan fingerprint density at radius 3 is 2.53 bits per heavy atom. The number of nitrogens with zero attached hydrogens (tertiary/aromatic N) is 3. The third kappa shape index (κ3) is 4.41. The molecular formula is C24H21ClN4O3. The average molecular weight is 449 g/mol. The molecule has 2 aromatic carbocycles. The van der Waals surface area contributed by atoms with Crippen LogP contribution in [0.25, 0.3) is 11.8 Å². The highest BCUT2D eigenvalue weighted by atomic mass is 35.5. The van der Waals surface area contributed by atoms with Crippen LogP contribution in [0.2, 0.25) is 5.02 Å². The summed E-state index contributed by atoms with van der Waals surface area (Å²) in [5, 5.41) is 23.9. The molecule has 1 N–H and O–H groups in total. The molecule has 0 spiro atoms. The van der Waals surface area contributed by atoms with Crippen molar-refractivity contribution in [3.8, 4) is 11.8 Å². The number of anilines is 1. The molecule has 0 aliphatic heterocycles. The number of non-ortho nitro benzene ring substituents is 1. The molecule has 1 heterocycles. The van der Waals surface area contributed by atoms with Crippen molar-refractivity contribution >= 4 is 35.0 Å². The second-order valence-electron chi connectivity index (χ2n) is 7.43. The molecule has 162 valence electrons. The van der Waals surface area contributed by atoms with Crippen LogP contribution in [0.1, 0.15) is 28.1 Å². The van der Waals surface area contributed by atoms with Gasteiger partial charge in [0.25, 0.3) is 11.6 Å². The van der Waals surface area contributed by atoms with Gasteiger partial charge in [0.15, 0.2) is 0 Å². The number of nitro benzene ring substituents is 1. The minimum absolute atomic E-state index is 0.0218. The number of hydrogen-bond donors (Lipinski definition) is 1. The second-order valence-corrected chi connectivity index (χ2v) is 7.83. The Morgan fingerprint density at radius 1 is 1.19 bits per heavy atom. The Hall–Kier alpha value is -3.89. The number of nitro groups is 1. The van der Waals surface area contributed by atoms with Gasteiger partial charge in [-0.3, -0.25) is 14.9 Å². The summed E-state index contributed by atoms with van der Waals surface area (Å²) >= 11 is 6.11. The Labute approximate surface area is 190 Å². The molecule has 0 saturated carbocycles. The van der Waals surface area contributed by atoms with E-state index in [1.54, 1.807) is 38.1 Å². The van der Waals surface area contributed by atoms with Gasteiger partial charge < -0.3 is 9.88 Å². The van der Waals surface area contributed by atoms with Gasteiger partial charge in [-0.05, 0) is 74.7 Å². The molecule has 1 amide bonds. The first-order valence-electron chi connectivity index (χ1n) is 9.76. The van der Waals surface area contributed by atoms with Gasteiger partial charge in [0.2, 0.25) is 0 Å². The summed E-state index contributed by atoms with van der Waals surface area (Å²) < 4.78 is 1.94. The van der Waals surface area contributed by atoms with Crippen LogP contribution in [0.15, 0.2) is 48.0 Å². The standard InChI is InChI=1S/C24H21ClN4O3/c1-14-10-20(29(31)32)8-9-23(14)28-15(2)11-18(17(28)4)12-19(13-26)24(30)27-22-7-5-6-21(25)16(22)3/h5-12H,1-4H3,(H,27,30)/b19-12-. The Kier molecular flexibility index (Phi) is 6.47. The van der Waals surface area contributed by atoms with E-state index in [4.69, 9.17) is 11.6 Å². The van der Waals surface area contributed by atoms with Crippen molar-refractivity contribution in [3.63, 3.8) is 0 Å². The zero-order valence-corrected chi connectivity index (χ0v) is 18.8. The van der Waals surface area contributed by atoms with E-state index in [0.717, 1.165) is 22.6 Å². The van der Waals surface area contributed by atoms with Crippen LogP contribution in [-0.2, 0) is 4.79 Å². The van der Waals surface area contributed by atoms with Crippen molar-refractivity contribution in [1.29, 1.82) is 5.26 Å². The van der Waals surface area contributed by atoms with Gasteiger partial charge in [0, 0.05) is 39.9 Å². The van der Waals surface area contributed by atoms with Gasteiger partial charge in [0.05, 0.1) is 4.92 Å². The number of hydrogen-bond acceptors (Lipinski definition) is 4. The zero-order valence-electron chi connectivity index (χ0n) is 18.1. The SMILES string of the molecule is Cc1cc([N+](=O)[O-])ccc1-n1c(C)cc(/C=C(/C#N)C(=O)Nc2cccc(Cl)c2C)c1C. The number of carbonyl (C=O) groups is 1. The van der Waals surface area contributed by atoms with E-state index in [9.17, 15) is 20.2 Å². The number of halogens is 1. The Bertz CT molecular complexity index is 1320. The molecule has 3 rings (SSSR count). The summed E-state index contributed by atoms with van der Waals surface area (Å²) in [4.78, 5) is 23.3. The summed E-state index contributed by atoms with van der Waals surface area (Å²) in [7, 11) is 0. The fourth-order valence-electron chi connectivity index (χ4n) is 3.55. The summed E-state index contributed by atoms with van der Waals surface area (Å²) in [6, 6.07) is 13.7. The third-order valence-corrected chi connectivity index (χ3v) is 5.69. The lowest BCUT2D eigenvalue weighted by Gasteiger charge is -2.12. The average Bonchev–Trinajstić information content (AvgIpc) is 3.02. The lowest BCUT2D eigenvalue weighted by atomic mass is 10.1. The first kappa shape index (κ1) is 22.8. The number of benzene rings is 2. The highest BCUT2D eigenvalue weighted by Crippen LogP contribution is 2.28. The smallest absolute Gasteiger partial charge is 0.269 e. The number of nitrogens with one attached hydrogen (secondary N) is 1. The molecule has 0 atom stereocenters. The molecule has 32 heavy (non-hydrogen) atoms. The number of aryl methyl sites for hydroxylation is 2. The van der Waals surface area contributed by atoms with Gasteiger partial charge in [-0.2, -0.15) is 5.26 Å². The quantitative estimate of drug-likeness (QED) is 0.230. The molecule has 8 heteroatoms. The van der Waals surface area contributed by atoms with E-state index in [1.807, 2.05) is 30.6 Å². The zero-order chi connectivity index (χ0) is 23.6. The fourth-order valence-corrected chi connectivity index (χ4v) is 3.72. The van der Waals surface area contributed by atoms with Gasteiger partial charge >= 0.3 is 0 Å². The molecule has 0 aliphatic rings. The largest absolute Gasteiger partial charge is 0.321 e. The van der Waals surface area contributed by atoms with E-state index in [1.165, 1.54) is 18.2 Å². The van der Waals surface area contributed by atoms with Crippen molar-refractivity contribution < 1.29 is 9.72 Å². The first-order chi connectivity index (χ1) is 15.1. The van der Waals surface area contributed by atoms with Crippen LogP contribution >= 0.6 is 11.6 Å². The minimum Gasteiger partial charge on any atom is -0.321 e. The van der Waals surface area contributed by atoms with E-state index < -0.39 is 10.8 Å².